The summed E-state index contributed by atoms with van der Waals surface area (Å²) in [5.41, 5.74) is 4.62. The summed E-state index contributed by atoms with van der Waals surface area (Å²) >= 11 is 0. The third-order valence-corrected chi connectivity index (χ3v) is 3.97. The maximum absolute atomic E-state index is 12.4. The number of hydrogen-bond acceptors (Lipinski definition) is 1. The Balaban J connectivity index is 1.74. The van der Waals surface area contributed by atoms with Crippen LogP contribution in [0.1, 0.15) is 39.4 Å². The van der Waals surface area contributed by atoms with E-state index in [9.17, 15) is 4.79 Å². The lowest BCUT2D eigenvalue weighted by molar-refractivity contribution is 0.0965. The highest BCUT2D eigenvalue weighted by molar-refractivity contribution is 6.00. The Kier molecular flexibility index (Phi) is 2.98. The normalized spacial score (nSPS) is 21.2. The average Bonchev–Trinajstić information content (AvgIpc) is 3.20. The molecule has 0 bridgehead atoms. The summed E-state index contributed by atoms with van der Waals surface area (Å²) in [7, 11) is 0. The van der Waals surface area contributed by atoms with Crippen LogP contribution in [0.2, 0.25) is 0 Å². The molecule has 0 amide bonds. The number of rotatable bonds is 3. The Bertz CT molecular complexity index is 593. The number of aryl methyl sites for hydroxylation is 2. The maximum Gasteiger partial charge on any atom is 0.166 e. The molecule has 2 aromatic carbocycles. The van der Waals surface area contributed by atoms with Crippen LogP contribution >= 0.6 is 0 Å². The van der Waals surface area contributed by atoms with E-state index in [2.05, 4.69) is 31.2 Å². The maximum atomic E-state index is 12.4. The number of benzene rings is 2. The summed E-state index contributed by atoms with van der Waals surface area (Å²) < 4.78 is 0. The van der Waals surface area contributed by atoms with Crippen molar-refractivity contribution in [1.82, 2.24) is 0 Å². The molecule has 1 fully saturated rings. The van der Waals surface area contributed by atoms with E-state index in [0.717, 1.165) is 12.0 Å². The third-order valence-electron chi connectivity index (χ3n) is 3.97. The second kappa shape index (κ2) is 4.65. The molecule has 2 aromatic rings. The van der Waals surface area contributed by atoms with E-state index in [4.69, 9.17) is 0 Å². The van der Waals surface area contributed by atoms with Crippen LogP contribution in [0.4, 0.5) is 0 Å². The molecule has 0 heterocycles. The molecule has 2 atom stereocenters. The van der Waals surface area contributed by atoms with E-state index in [-0.39, 0.29) is 5.92 Å². The molecule has 1 nitrogen and oxygen atoms in total. The summed E-state index contributed by atoms with van der Waals surface area (Å²) in [6.45, 7) is 4.13. The van der Waals surface area contributed by atoms with Gasteiger partial charge >= 0.3 is 0 Å². The standard InChI is InChI=1S/C18H18O/c1-12-3-7-14(8-4-12)16-11-17(16)18(19)15-9-5-13(2)6-10-15/h3-10,16-17H,11H2,1-2H3. The fraction of sp³-hybridized carbons (Fsp3) is 0.278. The van der Waals surface area contributed by atoms with Gasteiger partial charge in [-0.25, -0.2) is 0 Å². The Labute approximate surface area is 114 Å². The first-order chi connectivity index (χ1) is 9.15. The van der Waals surface area contributed by atoms with Crippen LogP contribution in [0.25, 0.3) is 0 Å². The van der Waals surface area contributed by atoms with Crippen molar-refractivity contribution in [3.05, 3.63) is 70.8 Å². The first-order valence-corrected chi connectivity index (χ1v) is 6.82. The van der Waals surface area contributed by atoms with E-state index >= 15 is 0 Å². The second-order valence-electron chi connectivity index (χ2n) is 5.59. The molecular weight excluding hydrogens is 232 g/mol. The molecule has 1 aliphatic carbocycles. The molecule has 0 spiro atoms. The molecule has 0 radical (unpaired) electrons. The second-order valence-corrected chi connectivity index (χ2v) is 5.59. The van der Waals surface area contributed by atoms with E-state index in [0.29, 0.717) is 11.7 Å². The lowest BCUT2D eigenvalue weighted by Gasteiger charge is -2.02. The van der Waals surface area contributed by atoms with E-state index < -0.39 is 0 Å². The molecule has 96 valence electrons. The summed E-state index contributed by atoms with van der Waals surface area (Å²) in [6, 6.07) is 16.5. The topological polar surface area (TPSA) is 17.1 Å². The van der Waals surface area contributed by atoms with Crippen LogP contribution in [0, 0.1) is 19.8 Å². The minimum absolute atomic E-state index is 0.186. The Morgan fingerprint density at radius 2 is 1.42 bits per heavy atom. The number of carbonyl (C=O) groups is 1. The molecule has 1 saturated carbocycles. The Hall–Kier alpha value is -1.89. The van der Waals surface area contributed by atoms with Gasteiger partial charge in [-0.1, -0.05) is 59.7 Å². The van der Waals surface area contributed by atoms with Gasteiger partial charge in [0.25, 0.3) is 0 Å². The summed E-state index contributed by atoms with van der Waals surface area (Å²) in [6.07, 6.45) is 0.996. The van der Waals surface area contributed by atoms with Crippen LogP contribution < -0.4 is 0 Å². The minimum atomic E-state index is 0.186. The zero-order valence-electron chi connectivity index (χ0n) is 11.4. The van der Waals surface area contributed by atoms with E-state index in [1.54, 1.807) is 0 Å². The molecule has 1 aliphatic rings. The van der Waals surface area contributed by atoms with Gasteiger partial charge in [0.2, 0.25) is 0 Å². The van der Waals surface area contributed by atoms with Crippen molar-refractivity contribution in [3.63, 3.8) is 0 Å². The fourth-order valence-corrected chi connectivity index (χ4v) is 2.60. The van der Waals surface area contributed by atoms with E-state index in [1.807, 2.05) is 31.2 Å². The third kappa shape index (κ3) is 2.46. The largest absolute Gasteiger partial charge is 0.294 e. The predicted octanol–water partition coefficient (Wildman–Crippen LogP) is 4.29. The van der Waals surface area contributed by atoms with Crippen molar-refractivity contribution in [2.45, 2.75) is 26.2 Å². The Morgan fingerprint density at radius 3 is 2.00 bits per heavy atom. The predicted molar refractivity (Wildman–Crippen MR) is 77.5 cm³/mol. The lowest BCUT2D eigenvalue weighted by atomic mass is 10.0. The molecule has 1 heteroatoms. The number of ketones is 1. The lowest BCUT2D eigenvalue weighted by Crippen LogP contribution is -2.03. The van der Waals surface area contributed by atoms with Crippen molar-refractivity contribution in [3.8, 4) is 0 Å². The van der Waals surface area contributed by atoms with Gasteiger partial charge in [0.1, 0.15) is 0 Å². The van der Waals surface area contributed by atoms with Crippen LogP contribution in [0.3, 0.4) is 0 Å². The van der Waals surface area contributed by atoms with Gasteiger partial charge in [0.05, 0.1) is 0 Å². The summed E-state index contributed by atoms with van der Waals surface area (Å²) in [4.78, 5) is 12.4. The summed E-state index contributed by atoms with van der Waals surface area (Å²) in [5.74, 6) is 0.908. The highest BCUT2D eigenvalue weighted by Crippen LogP contribution is 2.49. The smallest absolute Gasteiger partial charge is 0.166 e. The van der Waals surface area contributed by atoms with Crippen molar-refractivity contribution >= 4 is 5.78 Å². The first kappa shape index (κ1) is 12.2. The molecule has 0 saturated heterocycles. The highest BCUT2D eigenvalue weighted by Gasteiger charge is 2.43. The first-order valence-electron chi connectivity index (χ1n) is 6.82. The number of Topliss-reactive ketones (excluding diaryl/α,β-unsaturated/α-hetero) is 1. The van der Waals surface area contributed by atoms with Crippen molar-refractivity contribution in [2.24, 2.45) is 5.92 Å². The van der Waals surface area contributed by atoms with Gasteiger partial charge in [0.15, 0.2) is 5.78 Å². The van der Waals surface area contributed by atoms with Crippen LogP contribution in [-0.4, -0.2) is 5.78 Å². The molecule has 3 rings (SSSR count). The number of carbonyl (C=O) groups excluding carboxylic acids is 1. The molecule has 0 N–H and O–H groups in total. The quantitative estimate of drug-likeness (QED) is 0.743. The highest BCUT2D eigenvalue weighted by atomic mass is 16.1. The SMILES string of the molecule is Cc1ccc(C(=O)C2CC2c2ccc(C)cc2)cc1. The zero-order chi connectivity index (χ0) is 13.4. The van der Waals surface area contributed by atoms with Gasteiger partial charge in [-0.3, -0.25) is 4.79 Å². The minimum Gasteiger partial charge on any atom is -0.294 e. The van der Waals surface area contributed by atoms with Gasteiger partial charge in [-0.15, -0.1) is 0 Å². The fourth-order valence-electron chi connectivity index (χ4n) is 2.60. The molecule has 0 aliphatic heterocycles. The molecule has 2 unspecified atom stereocenters. The zero-order valence-corrected chi connectivity index (χ0v) is 11.4. The Morgan fingerprint density at radius 1 is 0.895 bits per heavy atom. The molecule has 0 aromatic heterocycles. The van der Waals surface area contributed by atoms with Gasteiger partial charge in [0, 0.05) is 11.5 Å². The van der Waals surface area contributed by atoms with Crippen LogP contribution in [0.5, 0.6) is 0 Å². The molecule has 19 heavy (non-hydrogen) atoms. The molecular formula is C18H18O. The van der Waals surface area contributed by atoms with Crippen molar-refractivity contribution in [2.75, 3.05) is 0 Å². The summed E-state index contributed by atoms with van der Waals surface area (Å²) in [5, 5.41) is 0. The number of hydrogen-bond donors (Lipinski definition) is 0. The van der Waals surface area contributed by atoms with Gasteiger partial charge < -0.3 is 0 Å². The van der Waals surface area contributed by atoms with Gasteiger partial charge in [-0.05, 0) is 31.7 Å². The monoisotopic (exact) mass is 250 g/mol. The van der Waals surface area contributed by atoms with Crippen LogP contribution in [-0.2, 0) is 0 Å². The van der Waals surface area contributed by atoms with Gasteiger partial charge in [-0.2, -0.15) is 0 Å². The van der Waals surface area contributed by atoms with E-state index in [1.165, 1.54) is 16.7 Å². The van der Waals surface area contributed by atoms with Crippen molar-refractivity contribution < 1.29 is 4.79 Å². The van der Waals surface area contributed by atoms with Crippen molar-refractivity contribution in [1.29, 1.82) is 0 Å². The van der Waals surface area contributed by atoms with Crippen LogP contribution in [0.15, 0.2) is 48.5 Å². The average molecular weight is 250 g/mol.